The van der Waals surface area contributed by atoms with Gasteiger partial charge in [0.05, 0.1) is 34.8 Å². The van der Waals surface area contributed by atoms with Gasteiger partial charge in [0.1, 0.15) is 0 Å². The van der Waals surface area contributed by atoms with E-state index in [9.17, 15) is 9.59 Å². The van der Waals surface area contributed by atoms with Crippen LogP contribution < -0.4 is 10.5 Å². The Labute approximate surface area is 202 Å². The van der Waals surface area contributed by atoms with Crippen molar-refractivity contribution in [2.45, 2.75) is 25.4 Å². The summed E-state index contributed by atoms with van der Waals surface area (Å²) in [5, 5.41) is 10.0. The molecule has 0 atom stereocenters. The molecular weight excluding hydrogens is 444 g/mol. The van der Waals surface area contributed by atoms with Gasteiger partial charge in [-0.25, -0.2) is 4.98 Å². The van der Waals surface area contributed by atoms with Gasteiger partial charge >= 0.3 is 0 Å². The van der Waals surface area contributed by atoms with Crippen LogP contribution in [0.1, 0.15) is 17.5 Å². The maximum Gasteiger partial charge on any atom is 0.266 e. The minimum atomic E-state index is -0.168. The highest BCUT2D eigenvalue weighted by Crippen LogP contribution is 2.25. The number of nitriles is 1. The zero-order chi connectivity index (χ0) is 24.1. The first-order chi connectivity index (χ1) is 16.5. The molecule has 0 unspecified atom stereocenters. The first kappa shape index (κ1) is 23.3. The van der Waals surface area contributed by atoms with Crippen LogP contribution in [0.2, 0.25) is 0 Å². The maximum atomic E-state index is 13.5. The summed E-state index contributed by atoms with van der Waals surface area (Å²) in [6.45, 7) is 4.23. The van der Waals surface area contributed by atoms with Crippen molar-refractivity contribution in [3.8, 4) is 11.8 Å². The van der Waals surface area contributed by atoms with Crippen LogP contribution in [-0.2, 0) is 4.79 Å². The molecule has 0 spiro atoms. The zero-order valence-corrected chi connectivity index (χ0v) is 19.9. The molecule has 0 fully saturated rings. The van der Waals surface area contributed by atoms with Crippen molar-refractivity contribution in [3.05, 3.63) is 94.3 Å². The number of hydrogen-bond acceptors (Lipinski definition) is 5. The molecule has 0 aliphatic carbocycles. The van der Waals surface area contributed by atoms with Gasteiger partial charge in [0.15, 0.2) is 5.16 Å². The smallest absolute Gasteiger partial charge is 0.266 e. The highest BCUT2D eigenvalue weighted by atomic mass is 32.2. The van der Waals surface area contributed by atoms with E-state index in [4.69, 9.17) is 10.2 Å². The molecular formula is C27H24N4O2S. The average molecular weight is 469 g/mol. The molecule has 0 aliphatic rings. The largest absolute Gasteiger partial charge is 0.311 e. The van der Waals surface area contributed by atoms with E-state index in [0.717, 1.165) is 22.5 Å². The third-order valence-corrected chi connectivity index (χ3v) is 6.41. The number of thioether (sulfide) groups is 1. The van der Waals surface area contributed by atoms with E-state index in [0.29, 0.717) is 22.6 Å². The van der Waals surface area contributed by atoms with Gasteiger partial charge in [0, 0.05) is 12.2 Å². The summed E-state index contributed by atoms with van der Waals surface area (Å²) < 4.78 is 1.60. The number of carbonyl (C=O) groups excluding carboxylic acids is 1. The molecule has 3 aromatic carbocycles. The van der Waals surface area contributed by atoms with E-state index >= 15 is 0 Å². The van der Waals surface area contributed by atoms with E-state index in [1.807, 2.05) is 74.5 Å². The molecule has 34 heavy (non-hydrogen) atoms. The van der Waals surface area contributed by atoms with Gasteiger partial charge < -0.3 is 4.90 Å². The molecule has 1 amide bonds. The Balaban J connectivity index is 1.74. The van der Waals surface area contributed by atoms with Crippen LogP contribution in [0.25, 0.3) is 16.6 Å². The molecule has 4 aromatic rings. The fourth-order valence-electron chi connectivity index (χ4n) is 3.75. The van der Waals surface area contributed by atoms with Crippen LogP contribution in [0.5, 0.6) is 0 Å². The molecule has 6 nitrogen and oxygen atoms in total. The van der Waals surface area contributed by atoms with E-state index in [-0.39, 0.29) is 23.6 Å². The van der Waals surface area contributed by atoms with Gasteiger partial charge in [-0.3, -0.25) is 14.2 Å². The van der Waals surface area contributed by atoms with E-state index in [1.165, 1.54) is 11.8 Å². The lowest BCUT2D eigenvalue weighted by Gasteiger charge is -2.22. The Bertz CT molecular complexity index is 1440. The predicted molar refractivity (Wildman–Crippen MR) is 137 cm³/mol. The maximum absolute atomic E-state index is 13.5. The number of aryl methyl sites for hydroxylation is 2. The van der Waals surface area contributed by atoms with Gasteiger partial charge in [0.25, 0.3) is 5.56 Å². The minimum absolute atomic E-state index is 0.0793. The SMILES string of the molecule is Cc1ccc(C)c(-n2c(SCC(=O)N(CCC#N)c3ccccc3)nc3ccccc3c2=O)c1. The lowest BCUT2D eigenvalue weighted by molar-refractivity contribution is -0.116. The van der Waals surface area contributed by atoms with Gasteiger partial charge in [-0.2, -0.15) is 5.26 Å². The van der Waals surface area contributed by atoms with Gasteiger partial charge in [-0.15, -0.1) is 0 Å². The number of para-hydroxylation sites is 2. The van der Waals surface area contributed by atoms with Crippen molar-refractivity contribution in [2.75, 3.05) is 17.2 Å². The number of carbonyl (C=O) groups is 1. The number of benzene rings is 3. The Morgan fingerprint density at radius 2 is 1.79 bits per heavy atom. The molecule has 0 bridgehead atoms. The van der Waals surface area contributed by atoms with Crippen molar-refractivity contribution in [2.24, 2.45) is 0 Å². The lowest BCUT2D eigenvalue weighted by Crippen LogP contribution is -2.33. The summed E-state index contributed by atoms with van der Waals surface area (Å²) >= 11 is 1.23. The van der Waals surface area contributed by atoms with E-state index < -0.39 is 0 Å². The Kier molecular flexibility index (Phi) is 7.09. The van der Waals surface area contributed by atoms with Crippen LogP contribution in [0.3, 0.4) is 0 Å². The first-order valence-corrected chi connectivity index (χ1v) is 11.9. The Hall–Kier alpha value is -3.89. The highest BCUT2D eigenvalue weighted by Gasteiger charge is 2.19. The molecule has 4 rings (SSSR count). The number of hydrogen-bond donors (Lipinski definition) is 0. The third kappa shape index (κ3) is 4.87. The molecule has 0 aliphatic heterocycles. The Morgan fingerprint density at radius 1 is 1.06 bits per heavy atom. The summed E-state index contributed by atoms with van der Waals surface area (Å²) in [6, 6.07) is 24.6. The standard InChI is InChI=1S/C27H24N4O2S/c1-19-13-14-20(2)24(17-19)31-26(33)22-11-6-7-12-23(22)29-27(31)34-18-25(32)30(16-8-15-28)21-9-4-3-5-10-21/h3-7,9-14,17H,8,16,18H2,1-2H3. The second kappa shape index (κ2) is 10.4. The molecule has 1 heterocycles. The van der Waals surface area contributed by atoms with Gasteiger partial charge in [-0.05, 0) is 55.3 Å². The van der Waals surface area contributed by atoms with Crippen LogP contribution in [0.15, 0.2) is 82.7 Å². The number of nitrogens with zero attached hydrogens (tertiary/aromatic N) is 4. The third-order valence-electron chi connectivity index (χ3n) is 5.49. The molecule has 170 valence electrons. The Morgan fingerprint density at radius 3 is 2.56 bits per heavy atom. The quantitative estimate of drug-likeness (QED) is 0.280. The summed E-state index contributed by atoms with van der Waals surface area (Å²) in [6.07, 6.45) is 0.229. The number of anilines is 1. The van der Waals surface area contributed by atoms with E-state index in [2.05, 4.69) is 6.07 Å². The monoisotopic (exact) mass is 468 g/mol. The van der Waals surface area contributed by atoms with Crippen molar-refractivity contribution in [3.63, 3.8) is 0 Å². The van der Waals surface area contributed by atoms with Crippen LogP contribution >= 0.6 is 11.8 Å². The predicted octanol–water partition coefficient (Wildman–Crippen LogP) is 5.04. The molecule has 0 saturated heterocycles. The normalized spacial score (nSPS) is 10.7. The van der Waals surface area contributed by atoms with E-state index in [1.54, 1.807) is 21.6 Å². The van der Waals surface area contributed by atoms with Crippen molar-refractivity contribution < 1.29 is 4.79 Å². The van der Waals surface area contributed by atoms with Gasteiger partial charge in [0.2, 0.25) is 5.91 Å². The molecule has 1 aromatic heterocycles. The van der Waals surface area contributed by atoms with Gasteiger partial charge in [-0.1, -0.05) is 54.2 Å². The topological polar surface area (TPSA) is 79.0 Å². The van der Waals surface area contributed by atoms with Crippen molar-refractivity contribution in [1.29, 1.82) is 5.26 Å². The van der Waals surface area contributed by atoms with Crippen LogP contribution in [-0.4, -0.2) is 27.8 Å². The van der Waals surface area contributed by atoms with Crippen molar-refractivity contribution in [1.82, 2.24) is 9.55 Å². The zero-order valence-electron chi connectivity index (χ0n) is 19.1. The summed E-state index contributed by atoms with van der Waals surface area (Å²) in [7, 11) is 0. The number of rotatable bonds is 7. The van der Waals surface area contributed by atoms with Crippen LogP contribution in [0, 0.1) is 25.2 Å². The number of amides is 1. The molecule has 0 N–H and O–H groups in total. The highest BCUT2D eigenvalue weighted by molar-refractivity contribution is 7.99. The molecule has 7 heteroatoms. The summed E-state index contributed by atoms with van der Waals surface area (Å²) in [4.78, 5) is 33.1. The van der Waals surface area contributed by atoms with Crippen molar-refractivity contribution >= 4 is 34.3 Å². The van der Waals surface area contributed by atoms with Crippen LogP contribution in [0.4, 0.5) is 5.69 Å². The average Bonchev–Trinajstić information content (AvgIpc) is 2.85. The number of aromatic nitrogens is 2. The fraction of sp³-hybridized carbons (Fsp3) is 0.185. The molecule has 0 radical (unpaired) electrons. The first-order valence-electron chi connectivity index (χ1n) is 10.9. The second-order valence-electron chi connectivity index (χ2n) is 7.92. The lowest BCUT2D eigenvalue weighted by atomic mass is 10.1. The minimum Gasteiger partial charge on any atom is -0.311 e. The fourth-order valence-corrected chi connectivity index (χ4v) is 4.64. The molecule has 0 saturated carbocycles. The summed E-state index contributed by atoms with van der Waals surface area (Å²) in [5.41, 5.74) is 3.88. The second-order valence-corrected chi connectivity index (χ2v) is 8.86. The summed E-state index contributed by atoms with van der Waals surface area (Å²) in [5.74, 6) is -0.0722. The number of fused-ring (bicyclic) bond motifs is 1.